The minimum Gasteiger partial charge on any atom is -0.465 e. The van der Waals surface area contributed by atoms with E-state index < -0.39 is 0 Å². The van der Waals surface area contributed by atoms with Crippen LogP contribution in [0.15, 0.2) is 6.07 Å². The maximum Gasteiger partial charge on any atom is 0.348 e. The van der Waals surface area contributed by atoms with E-state index in [4.69, 9.17) is 5.73 Å². The molecule has 0 radical (unpaired) electrons. The fourth-order valence-electron chi connectivity index (χ4n) is 0.952. The summed E-state index contributed by atoms with van der Waals surface area (Å²) in [6, 6.07) is 1.75. The second-order valence-electron chi connectivity index (χ2n) is 2.32. The van der Waals surface area contributed by atoms with Crippen LogP contribution in [0.3, 0.4) is 0 Å². The molecule has 0 unspecified atom stereocenters. The lowest BCUT2D eigenvalue weighted by Gasteiger charge is -1.90. The highest BCUT2D eigenvalue weighted by atomic mass is 32.1. The van der Waals surface area contributed by atoms with Crippen LogP contribution >= 0.6 is 22.7 Å². The van der Waals surface area contributed by atoms with Crippen molar-refractivity contribution in [2.24, 2.45) is 0 Å². The highest BCUT2D eigenvalue weighted by Crippen LogP contribution is 2.31. The standard InChI is InChI=1S/C7H6N2O2S2/c1-11-6(10)4-2-3-5(12-4)9-7(8)13-3/h2H,1H3,(H2,8,9). The third-order valence-electron chi connectivity index (χ3n) is 1.49. The highest BCUT2D eigenvalue weighted by molar-refractivity contribution is 7.29. The summed E-state index contributed by atoms with van der Waals surface area (Å²) in [5.74, 6) is -0.325. The molecule has 2 aromatic heterocycles. The topological polar surface area (TPSA) is 65.2 Å². The Balaban J connectivity index is 2.51. The van der Waals surface area contributed by atoms with Gasteiger partial charge < -0.3 is 10.5 Å². The van der Waals surface area contributed by atoms with E-state index in [9.17, 15) is 4.79 Å². The lowest BCUT2D eigenvalue weighted by molar-refractivity contribution is 0.0606. The number of methoxy groups -OCH3 is 1. The molecule has 68 valence electrons. The van der Waals surface area contributed by atoms with Crippen molar-refractivity contribution in [3.05, 3.63) is 10.9 Å². The fraction of sp³-hybridized carbons (Fsp3) is 0.143. The molecule has 0 fully saturated rings. The Morgan fingerprint density at radius 1 is 1.62 bits per heavy atom. The van der Waals surface area contributed by atoms with E-state index in [1.54, 1.807) is 6.07 Å². The predicted molar refractivity (Wildman–Crippen MR) is 53.2 cm³/mol. The molecule has 0 atom stereocenters. The van der Waals surface area contributed by atoms with E-state index in [-0.39, 0.29) is 5.97 Å². The van der Waals surface area contributed by atoms with Gasteiger partial charge in [-0.2, -0.15) is 0 Å². The van der Waals surface area contributed by atoms with Crippen molar-refractivity contribution >= 4 is 43.3 Å². The Kier molecular flexibility index (Phi) is 1.93. The van der Waals surface area contributed by atoms with Gasteiger partial charge in [-0.3, -0.25) is 0 Å². The average molecular weight is 214 g/mol. The third-order valence-corrected chi connectivity index (χ3v) is 3.46. The smallest absolute Gasteiger partial charge is 0.348 e. The van der Waals surface area contributed by atoms with Gasteiger partial charge in [-0.1, -0.05) is 11.3 Å². The number of nitrogens with two attached hydrogens (primary N) is 1. The molecular formula is C7H6N2O2S2. The number of carbonyl (C=O) groups is 1. The van der Waals surface area contributed by atoms with Crippen molar-refractivity contribution in [3.8, 4) is 0 Å². The second-order valence-corrected chi connectivity index (χ2v) is 4.42. The molecule has 2 rings (SSSR count). The number of carbonyl (C=O) groups excluding carboxylic acids is 1. The average Bonchev–Trinajstić information content (AvgIpc) is 2.59. The molecule has 0 aliphatic rings. The summed E-state index contributed by atoms with van der Waals surface area (Å²) in [5, 5.41) is 0.526. The molecule has 0 spiro atoms. The first kappa shape index (κ1) is 8.46. The van der Waals surface area contributed by atoms with E-state index in [2.05, 4.69) is 9.72 Å². The Bertz CT molecular complexity index is 428. The first-order valence-corrected chi connectivity index (χ1v) is 5.08. The quantitative estimate of drug-likeness (QED) is 0.734. The van der Waals surface area contributed by atoms with Gasteiger partial charge in [-0.15, -0.1) is 11.3 Å². The van der Waals surface area contributed by atoms with Crippen LogP contribution in [0, 0.1) is 0 Å². The zero-order chi connectivity index (χ0) is 9.42. The molecule has 0 saturated carbocycles. The van der Waals surface area contributed by atoms with Gasteiger partial charge in [0, 0.05) is 0 Å². The lowest BCUT2D eigenvalue weighted by atomic mass is 10.5. The van der Waals surface area contributed by atoms with Crippen LogP contribution in [0.1, 0.15) is 9.67 Å². The van der Waals surface area contributed by atoms with Crippen molar-refractivity contribution in [2.45, 2.75) is 0 Å². The number of aromatic nitrogens is 1. The van der Waals surface area contributed by atoms with Gasteiger partial charge in [0.2, 0.25) is 0 Å². The minimum atomic E-state index is -0.325. The zero-order valence-electron chi connectivity index (χ0n) is 6.73. The number of fused-ring (bicyclic) bond motifs is 1. The van der Waals surface area contributed by atoms with Crippen LogP contribution in [0.25, 0.3) is 9.53 Å². The van der Waals surface area contributed by atoms with Crippen LogP contribution in [-0.4, -0.2) is 18.1 Å². The number of ether oxygens (including phenoxy) is 1. The molecule has 2 heterocycles. The van der Waals surface area contributed by atoms with Crippen LogP contribution in [-0.2, 0) is 4.74 Å². The number of hydrogen-bond donors (Lipinski definition) is 1. The molecule has 4 nitrogen and oxygen atoms in total. The van der Waals surface area contributed by atoms with Gasteiger partial charge >= 0.3 is 5.97 Å². The Morgan fingerprint density at radius 3 is 3.00 bits per heavy atom. The van der Waals surface area contributed by atoms with Crippen molar-refractivity contribution in [3.63, 3.8) is 0 Å². The van der Waals surface area contributed by atoms with Gasteiger partial charge in [-0.25, -0.2) is 9.78 Å². The van der Waals surface area contributed by atoms with Gasteiger partial charge in [0.1, 0.15) is 9.71 Å². The van der Waals surface area contributed by atoms with E-state index in [0.717, 1.165) is 9.53 Å². The Labute approximate surface area is 82.0 Å². The van der Waals surface area contributed by atoms with Crippen molar-refractivity contribution < 1.29 is 9.53 Å². The maximum atomic E-state index is 11.1. The van der Waals surface area contributed by atoms with Crippen molar-refractivity contribution in [2.75, 3.05) is 12.8 Å². The normalized spacial score (nSPS) is 10.5. The monoisotopic (exact) mass is 214 g/mol. The molecule has 0 aliphatic carbocycles. The van der Waals surface area contributed by atoms with Crippen molar-refractivity contribution in [1.29, 1.82) is 0 Å². The summed E-state index contributed by atoms with van der Waals surface area (Å²) in [5.41, 5.74) is 5.49. The largest absolute Gasteiger partial charge is 0.465 e. The summed E-state index contributed by atoms with van der Waals surface area (Å²) >= 11 is 2.67. The molecule has 0 saturated heterocycles. The molecule has 6 heteroatoms. The first-order valence-electron chi connectivity index (χ1n) is 3.45. The van der Waals surface area contributed by atoms with Gasteiger partial charge in [0.25, 0.3) is 0 Å². The van der Waals surface area contributed by atoms with Crippen LogP contribution in [0.2, 0.25) is 0 Å². The maximum absolute atomic E-state index is 11.1. The summed E-state index contributed by atoms with van der Waals surface area (Å²) in [4.78, 5) is 16.5. The van der Waals surface area contributed by atoms with Crippen molar-refractivity contribution in [1.82, 2.24) is 4.98 Å². The highest BCUT2D eigenvalue weighted by Gasteiger charge is 2.12. The number of thiophene rings is 1. The number of anilines is 1. The number of esters is 1. The van der Waals surface area contributed by atoms with Crippen LogP contribution in [0.4, 0.5) is 5.13 Å². The molecule has 0 amide bonds. The first-order chi connectivity index (χ1) is 6.20. The molecule has 0 aromatic carbocycles. The molecular weight excluding hydrogens is 208 g/mol. The SMILES string of the molecule is COC(=O)c1cc2sc(N)nc2s1. The molecule has 13 heavy (non-hydrogen) atoms. The lowest BCUT2D eigenvalue weighted by Crippen LogP contribution is -1.96. The number of nitrogens with zero attached hydrogens (tertiary/aromatic N) is 1. The summed E-state index contributed by atoms with van der Waals surface area (Å²) in [7, 11) is 1.36. The van der Waals surface area contributed by atoms with E-state index in [1.165, 1.54) is 29.8 Å². The number of nitrogen functional groups attached to an aromatic ring is 1. The van der Waals surface area contributed by atoms with Gasteiger partial charge in [0.15, 0.2) is 5.13 Å². The fourth-order valence-corrected chi connectivity index (χ4v) is 2.86. The Morgan fingerprint density at radius 2 is 2.38 bits per heavy atom. The molecule has 2 aromatic rings. The predicted octanol–water partition coefficient (Wildman–Crippen LogP) is 1.73. The summed E-state index contributed by atoms with van der Waals surface area (Å²) < 4.78 is 5.52. The number of hydrogen-bond acceptors (Lipinski definition) is 6. The number of rotatable bonds is 1. The summed E-state index contributed by atoms with van der Waals surface area (Å²) in [6.07, 6.45) is 0. The second kappa shape index (κ2) is 2.97. The zero-order valence-corrected chi connectivity index (χ0v) is 8.37. The third kappa shape index (κ3) is 1.38. The van der Waals surface area contributed by atoms with Crippen LogP contribution in [0.5, 0.6) is 0 Å². The number of thiazole rings is 1. The van der Waals surface area contributed by atoms with E-state index in [1.807, 2.05) is 0 Å². The van der Waals surface area contributed by atoms with Gasteiger partial charge in [0.05, 0.1) is 11.8 Å². The molecule has 0 bridgehead atoms. The molecule has 2 N–H and O–H groups in total. The van der Waals surface area contributed by atoms with E-state index in [0.29, 0.717) is 10.0 Å². The molecule has 0 aliphatic heterocycles. The van der Waals surface area contributed by atoms with E-state index >= 15 is 0 Å². The van der Waals surface area contributed by atoms with Gasteiger partial charge in [-0.05, 0) is 6.07 Å². The summed E-state index contributed by atoms with van der Waals surface area (Å²) in [6.45, 7) is 0. The Hall–Kier alpha value is -1.14. The minimum absolute atomic E-state index is 0.325. The van der Waals surface area contributed by atoms with Crippen LogP contribution < -0.4 is 5.73 Å².